The molecule has 4 rings (SSSR count). The molecule has 0 atom stereocenters. The molecule has 0 saturated heterocycles. The molecule has 0 spiro atoms. The molecule has 4 aromatic rings. The minimum absolute atomic E-state index is 0.286. The summed E-state index contributed by atoms with van der Waals surface area (Å²) in [4.78, 5) is 29.8. The lowest BCUT2D eigenvalue weighted by Gasteiger charge is -2.06. The highest BCUT2D eigenvalue weighted by Crippen LogP contribution is 2.25. The lowest BCUT2D eigenvalue weighted by Crippen LogP contribution is -2.16. The molecule has 0 aromatic carbocycles. The minimum Gasteiger partial charge on any atom is -0.296 e. The van der Waals surface area contributed by atoms with Gasteiger partial charge in [0, 0.05) is 17.3 Å². The van der Waals surface area contributed by atoms with E-state index >= 15 is 0 Å². The van der Waals surface area contributed by atoms with E-state index in [4.69, 9.17) is 0 Å². The highest BCUT2D eigenvalue weighted by molar-refractivity contribution is 7.14. The largest absolute Gasteiger partial charge is 0.296 e. The van der Waals surface area contributed by atoms with Gasteiger partial charge in [-0.3, -0.25) is 24.6 Å². The predicted octanol–water partition coefficient (Wildman–Crippen LogP) is 3.65. The first-order valence-corrected chi connectivity index (χ1v) is 9.13. The second kappa shape index (κ2) is 7.08. The number of carbonyl (C=O) groups is 1. The number of aromatic nitrogens is 5. The van der Waals surface area contributed by atoms with Gasteiger partial charge >= 0.3 is 0 Å². The summed E-state index contributed by atoms with van der Waals surface area (Å²) in [6, 6.07) is 7.66. The Kier molecular flexibility index (Phi) is 4.47. The molecule has 4 heterocycles. The van der Waals surface area contributed by atoms with Crippen LogP contribution in [0.2, 0.25) is 0 Å². The molecule has 0 aliphatic carbocycles. The summed E-state index contributed by atoms with van der Waals surface area (Å²) in [7, 11) is 0. The number of anilines is 1. The van der Waals surface area contributed by atoms with Crippen LogP contribution in [0.15, 0.2) is 54.6 Å². The normalized spacial score (nSPS) is 10.7. The van der Waals surface area contributed by atoms with E-state index in [2.05, 4.69) is 25.3 Å². The van der Waals surface area contributed by atoms with E-state index < -0.39 is 0 Å². The minimum atomic E-state index is -0.286. The Morgan fingerprint density at radius 1 is 1.11 bits per heavy atom. The van der Waals surface area contributed by atoms with Crippen LogP contribution in [-0.4, -0.2) is 30.4 Å². The maximum atomic E-state index is 12.7. The topological polar surface area (TPSA) is 85.6 Å². The molecular formula is C19H16N6OS. The van der Waals surface area contributed by atoms with Crippen LogP contribution < -0.4 is 5.32 Å². The van der Waals surface area contributed by atoms with Crippen LogP contribution in [0.1, 0.15) is 21.7 Å². The summed E-state index contributed by atoms with van der Waals surface area (Å²) < 4.78 is 1.68. The Balaban J connectivity index is 1.57. The van der Waals surface area contributed by atoms with Crippen LogP contribution in [-0.2, 0) is 0 Å². The number of carbonyl (C=O) groups excluding carboxylic acids is 1. The molecule has 0 unspecified atom stereocenters. The van der Waals surface area contributed by atoms with Crippen molar-refractivity contribution < 1.29 is 4.79 Å². The number of hydrogen-bond donors (Lipinski definition) is 1. The Labute approximate surface area is 159 Å². The second-order valence-corrected chi connectivity index (χ2v) is 6.88. The zero-order valence-electron chi connectivity index (χ0n) is 14.7. The third-order valence-corrected chi connectivity index (χ3v) is 4.64. The van der Waals surface area contributed by atoms with Crippen LogP contribution >= 0.6 is 11.3 Å². The predicted molar refractivity (Wildman–Crippen MR) is 104 cm³/mol. The number of aryl methyl sites for hydroxylation is 2. The molecule has 8 heteroatoms. The standard InChI is InChI=1S/C19H16N6OS/c1-12-6-13(2)22-15(7-12)16-10-27-19(23-16)24-18(26)17-9-21-11-25(17)14-4-3-5-20-8-14/h3-11H,1-2H3,(H,23,24,26). The number of thiazole rings is 1. The van der Waals surface area contributed by atoms with E-state index in [1.165, 1.54) is 17.5 Å². The average Bonchev–Trinajstić information content (AvgIpc) is 3.31. The fraction of sp³-hybridized carbons (Fsp3) is 0.105. The fourth-order valence-electron chi connectivity index (χ4n) is 2.75. The second-order valence-electron chi connectivity index (χ2n) is 6.02. The maximum Gasteiger partial charge on any atom is 0.276 e. The van der Waals surface area contributed by atoms with Crippen molar-refractivity contribution in [2.75, 3.05) is 5.32 Å². The summed E-state index contributed by atoms with van der Waals surface area (Å²) in [5.41, 5.74) is 4.76. The van der Waals surface area contributed by atoms with Gasteiger partial charge in [0.2, 0.25) is 0 Å². The summed E-state index contributed by atoms with van der Waals surface area (Å²) in [6.45, 7) is 3.97. The molecule has 0 aliphatic heterocycles. The van der Waals surface area contributed by atoms with Gasteiger partial charge in [-0.25, -0.2) is 9.97 Å². The van der Waals surface area contributed by atoms with Crippen LogP contribution in [0.3, 0.4) is 0 Å². The van der Waals surface area contributed by atoms with E-state index in [1.807, 2.05) is 37.4 Å². The van der Waals surface area contributed by atoms with Gasteiger partial charge in [-0.2, -0.15) is 0 Å². The van der Waals surface area contributed by atoms with E-state index in [1.54, 1.807) is 29.4 Å². The van der Waals surface area contributed by atoms with Gasteiger partial charge < -0.3 is 0 Å². The smallest absolute Gasteiger partial charge is 0.276 e. The average molecular weight is 376 g/mol. The van der Waals surface area contributed by atoms with Crippen molar-refractivity contribution in [3.63, 3.8) is 0 Å². The number of hydrogen-bond acceptors (Lipinski definition) is 6. The molecule has 0 radical (unpaired) electrons. The van der Waals surface area contributed by atoms with Crippen molar-refractivity contribution in [1.82, 2.24) is 24.5 Å². The molecule has 1 N–H and O–H groups in total. The van der Waals surface area contributed by atoms with Gasteiger partial charge in [-0.1, -0.05) is 0 Å². The van der Waals surface area contributed by atoms with Crippen LogP contribution in [0.5, 0.6) is 0 Å². The molecule has 7 nitrogen and oxygen atoms in total. The van der Waals surface area contributed by atoms with E-state index in [9.17, 15) is 4.79 Å². The highest BCUT2D eigenvalue weighted by atomic mass is 32.1. The lowest BCUT2D eigenvalue weighted by molar-refractivity contribution is 0.102. The summed E-state index contributed by atoms with van der Waals surface area (Å²) >= 11 is 1.36. The Morgan fingerprint density at radius 2 is 2.00 bits per heavy atom. The molecule has 1 amide bonds. The van der Waals surface area contributed by atoms with Gasteiger partial charge in [-0.05, 0) is 43.7 Å². The first kappa shape index (κ1) is 17.0. The van der Waals surface area contributed by atoms with Crippen LogP contribution in [0.4, 0.5) is 5.13 Å². The van der Waals surface area contributed by atoms with Crippen molar-refractivity contribution >= 4 is 22.4 Å². The number of rotatable bonds is 4. The molecule has 134 valence electrons. The molecule has 0 saturated carbocycles. The number of nitrogens with one attached hydrogen (secondary N) is 1. The Bertz CT molecular complexity index is 1080. The van der Waals surface area contributed by atoms with Crippen LogP contribution in [0, 0.1) is 13.8 Å². The molecule has 4 aromatic heterocycles. The fourth-order valence-corrected chi connectivity index (χ4v) is 3.45. The van der Waals surface area contributed by atoms with Gasteiger partial charge in [0.1, 0.15) is 11.4 Å². The molecular weight excluding hydrogens is 360 g/mol. The molecule has 0 fully saturated rings. The third kappa shape index (κ3) is 3.61. The van der Waals surface area contributed by atoms with E-state index in [0.717, 1.165) is 28.3 Å². The SMILES string of the molecule is Cc1cc(C)nc(-c2csc(NC(=O)c3cncn3-c3cccnc3)n2)c1. The highest BCUT2D eigenvalue weighted by Gasteiger charge is 2.16. The van der Waals surface area contributed by atoms with E-state index in [0.29, 0.717) is 10.8 Å². The number of pyridine rings is 2. The zero-order chi connectivity index (χ0) is 18.8. The number of amides is 1. The third-order valence-electron chi connectivity index (χ3n) is 3.88. The Morgan fingerprint density at radius 3 is 2.78 bits per heavy atom. The molecule has 27 heavy (non-hydrogen) atoms. The Hall–Kier alpha value is -3.39. The molecule has 0 aliphatic rings. The van der Waals surface area contributed by atoms with E-state index in [-0.39, 0.29) is 5.91 Å². The van der Waals surface area contributed by atoms with Crippen molar-refractivity contribution in [3.8, 4) is 17.1 Å². The van der Waals surface area contributed by atoms with Gasteiger partial charge in [0.25, 0.3) is 5.91 Å². The lowest BCUT2D eigenvalue weighted by atomic mass is 10.2. The number of nitrogens with zero attached hydrogens (tertiary/aromatic N) is 5. The molecule has 0 bridgehead atoms. The van der Waals surface area contributed by atoms with Crippen molar-refractivity contribution in [3.05, 3.63) is 71.5 Å². The van der Waals surface area contributed by atoms with Crippen molar-refractivity contribution in [1.29, 1.82) is 0 Å². The zero-order valence-corrected chi connectivity index (χ0v) is 15.6. The van der Waals surface area contributed by atoms with Crippen molar-refractivity contribution in [2.45, 2.75) is 13.8 Å². The summed E-state index contributed by atoms with van der Waals surface area (Å²) in [5, 5.41) is 5.23. The number of imidazole rings is 1. The summed E-state index contributed by atoms with van der Waals surface area (Å²) in [6.07, 6.45) is 6.45. The quantitative estimate of drug-likeness (QED) is 0.587. The first-order chi connectivity index (χ1) is 13.1. The van der Waals surface area contributed by atoms with Gasteiger partial charge in [0.15, 0.2) is 5.13 Å². The first-order valence-electron chi connectivity index (χ1n) is 8.25. The van der Waals surface area contributed by atoms with Crippen LogP contribution in [0.25, 0.3) is 17.1 Å². The van der Waals surface area contributed by atoms with Crippen molar-refractivity contribution in [2.24, 2.45) is 0 Å². The maximum absolute atomic E-state index is 12.7. The monoisotopic (exact) mass is 376 g/mol. The van der Waals surface area contributed by atoms with Gasteiger partial charge in [0.05, 0.1) is 30.1 Å². The summed E-state index contributed by atoms with van der Waals surface area (Å²) in [5.74, 6) is -0.286. The van der Waals surface area contributed by atoms with Gasteiger partial charge in [-0.15, -0.1) is 11.3 Å².